The number of fused-ring (bicyclic) bond motifs is 1. The number of hydrogen-bond donors (Lipinski definition) is 3. The van der Waals surface area contributed by atoms with Crippen molar-refractivity contribution in [2.45, 2.75) is 6.42 Å². The van der Waals surface area contributed by atoms with Crippen LogP contribution in [0.1, 0.15) is 5.56 Å². The van der Waals surface area contributed by atoms with Gasteiger partial charge in [-0.2, -0.15) is 0 Å². The van der Waals surface area contributed by atoms with Gasteiger partial charge >= 0.3 is 0 Å². The summed E-state index contributed by atoms with van der Waals surface area (Å²) in [5, 5.41) is 14.2. The smallest absolute Gasteiger partial charge is 0.262 e. The van der Waals surface area contributed by atoms with Gasteiger partial charge in [0.2, 0.25) is 0 Å². The number of amides is 1. The maximum absolute atomic E-state index is 11.1. The van der Waals surface area contributed by atoms with Gasteiger partial charge in [-0.1, -0.05) is 6.07 Å². The lowest BCUT2D eigenvalue weighted by Crippen LogP contribution is -2.25. The minimum absolute atomic E-state index is 0.0230. The van der Waals surface area contributed by atoms with E-state index in [9.17, 15) is 4.79 Å². The van der Waals surface area contributed by atoms with Crippen molar-refractivity contribution in [3.05, 3.63) is 23.8 Å². The first kappa shape index (κ1) is 10.9. The molecule has 0 saturated heterocycles. The Hall–Kier alpha value is -1.59. The fourth-order valence-corrected chi connectivity index (χ4v) is 1.60. The fraction of sp³-hybridized carbons (Fsp3) is 0.364. The molecular formula is C11H14N2O3. The van der Waals surface area contributed by atoms with Gasteiger partial charge in [-0.05, 0) is 24.1 Å². The van der Waals surface area contributed by atoms with Gasteiger partial charge in [-0.3, -0.25) is 10.1 Å². The molecular weight excluding hydrogens is 208 g/mol. The Bertz CT molecular complexity index is 393. The third-order valence-electron chi connectivity index (χ3n) is 2.38. The van der Waals surface area contributed by atoms with E-state index in [4.69, 9.17) is 9.84 Å². The zero-order valence-electron chi connectivity index (χ0n) is 8.82. The second kappa shape index (κ2) is 4.96. The van der Waals surface area contributed by atoms with Crippen molar-refractivity contribution in [3.8, 4) is 5.75 Å². The molecule has 0 aromatic heterocycles. The van der Waals surface area contributed by atoms with E-state index >= 15 is 0 Å². The van der Waals surface area contributed by atoms with E-state index in [1.807, 2.05) is 18.2 Å². The molecule has 1 heterocycles. The molecule has 0 saturated carbocycles. The maximum atomic E-state index is 11.1. The number of aliphatic hydroxyl groups is 1. The highest BCUT2D eigenvalue weighted by atomic mass is 16.5. The van der Waals surface area contributed by atoms with E-state index in [1.54, 1.807) is 0 Å². The molecule has 0 bridgehead atoms. The van der Waals surface area contributed by atoms with Crippen LogP contribution in [-0.2, 0) is 11.2 Å². The van der Waals surface area contributed by atoms with Crippen molar-refractivity contribution < 1.29 is 14.6 Å². The lowest BCUT2D eigenvalue weighted by Gasteiger charge is -2.18. The molecule has 2 rings (SSSR count). The number of rotatable bonds is 4. The average Bonchev–Trinajstić information content (AvgIpc) is 2.29. The van der Waals surface area contributed by atoms with Crippen LogP contribution in [0.5, 0.6) is 5.75 Å². The highest BCUT2D eigenvalue weighted by molar-refractivity contribution is 5.95. The number of benzene rings is 1. The molecule has 0 radical (unpaired) electrons. The summed E-state index contributed by atoms with van der Waals surface area (Å²) in [7, 11) is 0. The van der Waals surface area contributed by atoms with Gasteiger partial charge < -0.3 is 15.2 Å². The molecule has 3 N–H and O–H groups in total. The van der Waals surface area contributed by atoms with Gasteiger partial charge in [-0.15, -0.1) is 0 Å². The first-order valence-electron chi connectivity index (χ1n) is 5.17. The predicted octanol–water partition coefficient (Wildman–Crippen LogP) is 0.0994. The van der Waals surface area contributed by atoms with E-state index in [0.717, 1.165) is 17.7 Å². The molecule has 0 unspecified atom stereocenters. The zero-order chi connectivity index (χ0) is 11.4. The second-order valence-corrected chi connectivity index (χ2v) is 3.58. The van der Waals surface area contributed by atoms with E-state index in [0.29, 0.717) is 12.3 Å². The number of anilines is 1. The van der Waals surface area contributed by atoms with Crippen LogP contribution in [0.3, 0.4) is 0 Å². The largest absolute Gasteiger partial charge is 0.482 e. The summed E-state index contributed by atoms with van der Waals surface area (Å²) in [5.74, 6) is 0.580. The van der Waals surface area contributed by atoms with Crippen molar-refractivity contribution in [2.24, 2.45) is 0 Å². The van der Waals surface area contributed by atoms with Gasteiger partial charge in [0.1, 0.15) is 5.75 Å². The van der Waals surface area contributed by atoms with Crippen molar-refractivity contribution in [1.29, 1.82) is 0 Å². The Balaban J connectivity index is 2.06. The molecule has 0 aliphatic carbocycles. The van der Waals surface area contributed by atoms with Gasteiger partial charge in [-0.25, -0.2) is 0 Å². The molecule has 5 nitrogen and oxygen atoms in total. The summed E-state index contributed by atoms with van der Waals surface area (Å²) in [6, 6.07) is 5.70. The Morgan fingerprint density at radius 3 is 3.19 bits per heavy atom. The first-order valence-corrected chi connectivity index (χ1v) is 5.17. The summed E-state index contributed by atoms with van der Waals surface area (Å²) < 4.78 is 5.25. The van der Waals surface area contributed by atoms with Gasteiger partial charge in [0.15, 0.2) is 6.61 Å². The summed E-state index contributed by atoms with van der Waals surface area (Å²) in [4.78, 5) is 11.1. The Kier molecular flexibility index (Phi) is 3.38. The lowest BCUT2D eigenvalue weighted by molar-refractivity contribution is -0.118. The highest BCUT2D eigenvalue weighted by Crippen LogP contribution is 2.28. The van der Waals surface area contributed by atoms with Crippen LogP contribution in [0.4, 0.5) is 5.69 Å². The Morgan fingerprint density at radius 2 is 2.38 bits per heavy atom. The minimum atomic E-state index is -0.127. The molecule has 1 aromatic rings. The van der Waals surface area contributed by atoms with Crippen LogP contribution in [0.25, 0.3) is 0 Å². The maximum Gasteiger partial charge on any atom is 0.262 e. The van der Waals surface area contributed by atoms with Gasteiger partial charge in [0.25, 0.3) is 5.91 Å². The number of nitrogens with one attached hydrogen (secondary N) is 2. The molecule has 5 heteroatoms. The van der Waals surface area contributed by atoms with E-state index in [2.05, 4.69) is 10.6 Å². The summed E-state index contributed by atoms with van der Waals surface area (Å²) in [6.07, 6.45) is 0.795. The zero-order valence-corrected chi connectivity index (χ0v) is 8.82. The van der Waals surface area contributed by atoms with Crippen LogP contribution in [-0.4, -0.2) is 30.9 Å². The van der Waals surface area contributed by atoms with Crippen molar-refractivity contribution in [1.82, 2.24) is 5.32 Å². The van der Waals surface area contributed by atoms with Crippen LogP contribution >= 0.6 is 0 Å². The number of aliphatic hydroxyl groups excluding tert-OH is 1. The monoisotopic (exact) mass is 222 g/mol. The average molecular weight is 222 g/mol. The molecule has 0 fully saturated rings. The molecule has 0 spiro atoms. The van der Waals surface area contributed by atoms with Crippen molar-refractivity contribution in [2.75, 3.05) is 25.2 Å². The van der Waals surface area contributed by atoms with Crippen LogP contribution < -0.4 is 15.4 Å². The van der Waals surface area contributed by atoms with Gasteiger partial charge in [0.05, 0.1) is 12.4 Å². The molecule has 1 aliphatic rings. The molecule has 1 aromatic carbocycles. The third kappa shape index (κ3) is 2.50. The lowest BCUT2D eigenvalue weighted by atomic mass is 10.1. The topological polar surface area (TPSA) is 70.6 Å². The molecule has 1 aliphatic heterocycles. The highest BCUT2D eigenvalue weighted by Gasteiger charge is 2.15. The number of carbonyl (C=O) groups is 1. The van der Waals surface area contributed by atoms with Crippen molar-refractivity contribution >= 4 is 11.6 Å². The van der Waals surface area contributed by atoms with Crippen molar-refractivity contribution in [3.63, 3.8) is 0 Å². The number of carbonyl (C=O) groups excluding carboxylic acids is 1. The van der Waals surface area contributed by atoms with Crippen LogP contribution in [0, 0.1) is 0 Å². The summed E-state index contributed by atoms with van der Waals surface area (Å²) in [6.45, 7) is 0.757. The molecule has 1 amide bonds. The SMILES string of the molecule is O=C1COc2ccc(CCNCO)cc2N1. The van der Waals surface area contributed by atoms with Crippen LogP contribution in [0.15, 0.2) is 18.2 Å². The van der Waals surface area contributed by atoms with E-state index < -0.39 is 0 Å². The molecule has 16 heavy (non-hydrogen) atoms. The molecule has 86 valence electrons. The predicted molar refractivity (Wildman–Crippen MR) is 59.4 cm³/mol. The van der Waals surface area contributed by atoms with Gasteiger partial charge in [0, 0.05) is 6.54 Å². The quantitative estimate of drug-likeness (QED) is 0.499. The number of ether oxygens (including phenoxy) is 1. The Morgan fingerprint density at radius 1 is 1.50 bits per heavy atom. The summed E-state index contributed by atoms with van der Waals surface area (Å²) >= 11 is 0. The minimum Gasteiger partial charge on any atom is -0.482 e. The van der Waals surface area contributed by atoms with E-state index in [-0.39, 0.29) is 19.2 Å². The Labute approximate surface area is 93.4 Å². The molecule has 0 atom stereocenters. The standard InChI is InChI=1S/C11H14N2O3/c14-7-12-4-3-8-1-2-10-9(5-8)13-11(15)6-16-10/h1-2,5,12,14H,3-4,6-7H2,(H,13,15). The first-order chi connectivity index (χ1) is 7.79. The fourth-order valence-electron chi connectivity index (χ4n) is 1.60. The van der Waals surface area contributed by atoms with E-state index in [1.165, 1.54) is 0 Å². The number of hydrogen-bond acceptors (Lipinski definition) is 4. The normalized spacial score (nSPS) is 13.9. The summed E-state index contributed by atoms with van der Waals surface area (Å²) in [5.41, 5.74) is 1.81. The third-order valence-corrected chi connectivity index (χ3v) is 2.38. The second-order valence-electron chi connectivity index (χ2n) is 3.58. The van der Waals surface area contributed by atoms with Crippen LogP contribution in [0.2, 0.25) is 0 Å².